The molecular weight excluding hydrogens is 385 g/mol. The lowest BCUT2D eigenvalue weighted by Crippen LogP contribution is -2.27. The fraction of sp³-hybridized carbons (Fsp3) is 0.364. The first-order valence-corrected chi connectivity index (χ1v) is 8.01. The summed E-state index contributed by atoms with van der Waals surface area (Å²) >= 11 is 1.83. The Hall–Kier alpha value is -0.710. The van der Waals surface area contributed by atoms with E-state index in [9.17, 15) is 13.2 Å². The Labute approximate surface area is 125 Å². The van der Waals surface area contributed by atoms with Crippen molar-refractivity contribution in [2.45, 2.75) is 24.3 Å². The number of aliphatic hydroxyl groups excluding tert-OH is 1. The smallest absolute Gasteiger partial charge is 0.336 e. The fourth-order valence-electron chi connectivity index (χ4n) is 1.32. The fourth-order valence-corrected chi connectivity index (χ4v) is 2.96. The molecular formula is C11H14INO5S. The van der Waals surface area contributed by atoms with Crippen LogP contribution in [0.25, 0.3) is 0 Å². The van der Waals surface area contributed by atoms with E-state index in [1.165, 1.54) is 12.1 Å². The number of hydrogen-bond acceptors (Lipinski definition) is 4. The molecule has 0 aliphatic heterocycles. The average Bonchev–Trinajstić information content (AvgIpc) is 2.27. The van der Waals surface area contributed by atoms with Crippen molar-refractivity contribution in [1.82, 2.24) is 4.72 Å². The average molecular weight is 399 g/mol. The number of sulfonamides is 1. The monoisotopic (exact) mass is 399 g/mol. The number of aromatic carboxylic acids is 1. The molecule has 1 rings (SSSR count). The van der Waals surface area contributed by atoms with Crippen LogP contribution >= 0.6 is 22.6 Å². The van der Waals surface area contributed by atoms with E-state index in [4.69, 9.17) is 10.2 Å². The molecule has 1 atom stereocenters. The number of carbonyl (C=O) groups is 1. The van der Waals surface area contributed by atoms with Gasteiger partial charge in [0.2, 0.25) is 10.0 Å². The van der Waals surface area contributed by atoms with E-state index in [-0.39, 0.29) is 23.4 Å². The second-order valence-corrected chi connectivity index (χ2v) is 6.91. The van der Waals surface area contributed by atoms with Crippen LogP contribution < -0.4 is 4.72 Å². The SMILES string of the molecule is CC(O)CCNS(=O)(=O)c1ccc(I)c(C(=O)O)c1. The van der Waals surface area contributed by atoms with E-state index in [2.05, 4.69) is 4.72 Å². The highest BCUT2D eigenvalue weighted by Crippen LogP contribution is 2.18. The summed E-state index contributed by atoms with van der Waals surface area (Å²) in [6, 6.07) is 3.90. The third-order valence-electron chi connectivity index (χ3n) is 2.33. The molecule has 0 saturated carbocycles. The highest BCUT2D eigenvalue weighted by Gasteiger charge is 2.17. The maximum atomic E-state index is 11.9. The Kier molecular flexibility index (Phi) is 5.71. The number of aliphatic hydroxyl groups is 1. The van der Waals surface area contributed by atoms with Gasteiger partial charge in [0, 0.05) is 10.1 Å². The van der Waals surface area contributed by atoms with Crippen LogP contribution in [0.15, 0.2) is 23.1 Å². The molecule has 0 aromatic heterocycles. The van der Waals surface area contributed by atoms with Crippen LogP contribution in [0.4, 0.5) is 0 Å². The van der Waals surface area contributed by atoms with E-state index in [0.717, 1.165) is 6.07 Å². The molecule has 1 aromatic rings. The molecule has 0 radical (unpaired) electrons. The Bertz CT molecular complexity index is 570. The quantitative estimate of drug-likeness (QED) is 0.621. The van der Waals surface area contributed by atoms with Gasteiger partial charge in [0.05, 0.1) is 16.6 Å². The zero-order chi connectivity index (χ0) is 14.6. The third kappa shape index (κ3) is 4.71. The molecule has 0 saturated heterocycles. The first-order valence-electron chi connectivity index (χ1n) is 5.44. The summed E-state index contributed by atoms with van der Waals surface area (Å²) in [6.07, 6.45) is -0.316. The van der Waals surface area contributed by atoms with Gasteiger partial charge < -0.3 is 10.2 Å². The Morgan fingerprint density at radius 2 is 2.11 bits per heavy atom. The van der Waals surface area contributed by atoms with Gasteiger partial charge >= 0.3 is 5.97 Å². The largest absolute Gasteiger partial charge is 0.478 e. The van der Waals surface area contributed by atoms with Gasteiger partial charge in [-0.1, -0.05) is 0 Å². The lowest BCUT2D eigenvalue weighted by molar-refractivity contribution is 0.0695. The summed E-state index contributed by atoms with van der Waals surface area (Å²) in [5, 5.41) is 18.0. The molecule has 0 fully saturated rings. The van der Waals surface area contributed by atoms with Crippen LogP contribution in [0.1, 0.15) is 23.7 Å². The molecule has 0 amide bonds. The Morgan fingerprint density at radius 3 is 2.63 bits per heavy atom. The predicted octanol–water partition coefficient (Wildman–Crippen LogP) is 1.04. The first-order chi connectivity index (χ1) is 8.74. The number of carboxylic acid groups (broad SMARTS) is 1. The maximum Gasteiger partial charge on any atom is 0.336 e. The molecule has 1 aromatic carbocycles. The lowest BCUT2D eigenvalue weighted by Gasteiger charge is -2.09. The van der Waals surface area contributed by atoms with E-state index in [0.29, 0.717) is 3.57 Å². The second kappa shape index (κ2) is 6.64. The first kappa shape index (κ1) is 16.3. The molecule has 0 heterocycles. The van der Waals surface area contributed by atoms with Crippen molar-refractivity contribution >= 4 is 38.6 Å². The summed E-state index contributed by atoms with van der Waals surface area (Å²) in [4.78, 5) is 10.9. The van der Waals surface area contributed by atoms with Crippen molar-refractivity contribution in [1.29, 1.82) is 0 Å². The number of nitrogens with one attached hydrogen (secondary N) is 1. The van der Waals surface area contributed by atoms with Gasteiger partial charge in [-0.3, -0.25) is 0 Å². The summed E-state index contributed by atoms with van der Waals surface area (Å²) < 4.78 is 26.6. The minimum Gasteiger partial charge on any atom is -0.478 e. The number of halogens is 1. The Morgan fingerprint density at radius 1 is 1.47 bits per heavy atom. The van der Waals surface area contributed by atoms with Gasteiger partial charge in [0.1, 0.15) is 0 Å². The summed E-state index contributed by atoms with van der Waals surface area (Å²) in [5.41, 5.74) is -0.0565. The topological polar surface area (TPSA) is 104 Å². The molecule has 8 heteroatoms. The van der Waals surface area contributed by atoms with Crippen LogP contribution in [0.2, 0.25) is 0 Å². The molecule has 19 heavy (non-hydrogen) atoms. The molecule has 0 aliphatic carbocycles. The van der Waals surface area contributed by atoms with Crippen molar-refractivity contribution in [3.63, 3.8) is 0 Å². The van der Waals surface area contributed by atoms with Crippen molar-refractivity contribution in [3.8, 4) is 0 Å². The van der Waals surface area contributed by atoms with Gasteiger partial charge in [-0.2, -0.15) is 0 Å². The van der Waals surface area contributed by atoms with E-state index in [1.54, 1.807) is 6.92 Å². The number of carboxylic acids is 1. The maximum absolute atomic E-state index is 11.9. The van der Waals surface area contributed by atoms with Crippen molar-refractivity contribution in [2.24, 2.45) is 0 Å². The van der Waals surface area contributed by atoms with Crippen LogP contribution in [0.5, 0.6) is 0 Å². The zero-order valence-corrected chi connectivity index (χ0v) is 13.1. The van der Waals surface area contributed by atoms with Crippen molar-refractivity contribution < 1.29 is 23.4 Å². The second-order valence-electron chi connectivity index (χ2n) is 3.98. The van der Waals surface area contributed by atoms with Crippen LogP contribution in [-0.2, 0) is 10.0 Å². The molecule has 0 spiro atoms. The molecule has 0 bridgehead atoms. The number of rotatable bonds is 6. The third-order valence-corrected chi connectivity index (χ3v) is 4.73. The molecule has 106 valence electrons. The van der Waals surface area contributed by atoms with Crippen molar-refractivity contribution in [2.75, 3.05) is 6.54 Å². The highest BCUT2D eigenvalue weighted by atomic mass is 127. The van der Waals surface area contributed by atoms with Crippen LogP contribution in [-0.4, -0.2) is 37.2 Å². The predicted molar refractivity (Wildman–Crippen MR) is 77.6 cm³/mol. The summed E-state index contributed by atoms with van der Waals surface area (Å²) in [7, 11) is -3.76. The number of benzene rings is 1. The van der Waals surface area contributed by atoms with E-state index >= 15 is 0 Å². The van der Waals surface area contributed by atoms with E-state index in [1.807, 2.05) is 22.6 Å². The van der Waals surface area contributed by atoms with Gasteiger partial charge in [0.15, 0.2) is 0 Å². The highest BCUT2D eigenvalue weighted by molar-refractivity contribution is 14.1. The number of hydrogen-bond donors (Lipinski definition) is 3. The van der Waals surface area contributed by atoms with Gasteiger partial charge in [-0.25, -0.2) is 17.9 Å². The molecule has 0 aliphatic rings. The minimum atomic E-state index is -3.76. The molecule has 1 unspecified atom stereocenters. The van der Waals surface area contributed by atoms with Gasteiger partial charge in [0.25, 0.3) is 0 Å². The normalized spacial score (nSPS) is 13.2. The van der Waals surface area contributed by atoms with E-state index < -0.39 is 22.1 Å². The van der Waals surface area contributed by atoms with Gasteiger partial charge in [-0.15, -0.1) is 0 Å². The minimum absolute atomic E-state index is 0.0565. The van der Waals surface area contributed by atoms with Crippen LogP contribution in [0, 0.1) is 3.57 Å². The summed E-state index contributed by atoms with van der Waals surface area (Å²) in [5.74, 6) is -1.18. The zero-order valence-electron chi connectivity index (χ0n) is 10.1. The lowest BCUT2D eigenvalue weighted by atomic mass is 10.2. The summed E-state index contributed by atoms with van der Waals surface area (Å²) in [6.45, 7) is 1.65. The standard InChI is InChI=1S/C11H14INO5S/c1-7(14)4-5-13-19(17,18)8-2-3-10(12)9(6-8)11(15)16/h2-3,6-7,13-14H,4-5H2,1H3,(H,15,16). The Balaban J connectivity index is 2.96. The van der Waals surface area contributed by atoms with Crippen molar-refractivity contribution in [3.05, 3.63) is 27.3 Å². The molecule has 3 N–H and O–H groups in total. The molecule has 6 nitrogen and oxygen atoms in total. The van der Waals surface area contributed by atoms with Gasteiger partial charge in [-0.05, 0) is 54.1 Å². The van der Waals surface area contributed by atoms with Crippen LogP contribution in [0.3, 0.4) is 0 Å².